The van der Waals surface area contributed by atoms with E-state index >= 15 is 0 Å². The van der Waals surface area contributed by atoms with Crippen molar-refractivity contribution >= 4 is 39.5 Å². The molecule has 19 heteroatoms. The highest BCUT2D eigenvalue weighted by Gasteiger charge is 2.30. The number of carbonyl (C=O) groups is 4. The van der Waals surface area contributed by atoms with E-state index in [1.165, 1.54) is 308 Å². The van der Waals surface area contributed by atoms with Crippen LogP contribution in [0.25, 0.3) is 0 Å². The number of rotatable bonds is 90. The van der Waals surface area contributed by atoms with Gasteiger partial charge >= 0.3 is 39.5 Å². The number of ether oxygens (including phenoxy) is 4. The third-order valence-electron chi connectivity index (χ3n) is 21.1. The van der Waals surface area contributed by atoms with Crippen LogP contribution in [0.4, 0.5) is 0 Å². The Balaban J connectivity index is 5.14. The second kappa shape index (κ2) is 83.0. The van der Waals surface area contributed by atoms with Crippen molar-refractivity contribution in [2.45, 2.75) is 508 Å². The van der Waals surface area contributed by atoms with Crippen molar-refractivity contribution in [1.82, 2.24) is 0 Å². The van der Waals surface area contributed by atoms with E-state index in [0.29, 0.717) is 25.7 Å². The topological polar surface area (TPSA) is 237 Å². The molecule has 0 aliphatic carbocycles. The summed E-state index contributed by atoms with van der Waals surface area (Å²) >= 11 is 0. The molecule has 0 aromatic heterocycles. The number of unbranched alkanes of at least 4 members (excludes halogenated alkanes) is 64. The molecule has 108 heavy (non-hydrogen) atoms. The van der Waals surface area contributed by atoms with Crippen molar-refractivity contribution in [2.24, 2.45) is 0 Å². The van der Waals surface area contributed by atoms with Gasteiger partial charge in [-0.15, -0.1) is 0 Å². The molecule has 0 fully saturated rings. The van der Waals surface area contributed by atoms with E-state index in [4.69, 9.17) is 37.0 Å². The third kappa shape index (κ3) is 82.1. The first-order valence-corrected chi connectivity index (χ1v) is 49.3. The van der Waals surface area contributed by atoms with Gasteiger partial charge in [-0.05, 0) is 25.7 Å². The van der Waals surface area contributed by atoms with Gasteiger partial charge in [-0.1, -0.05) is 439 Å². The minimum absolute atomic E-state index is 0.109. The van der Waals surface area contributed by atoms with Crippen LogP contribution in [0.5, 0.6) is 0 Å². The molecule has 3 N–H and O–H groups in total. The molecule has 2 unspecified atom stereocenters. The summed E-state index contributed by atoms with van der Waals surface area (Å²) in [5.74, 6) is -2.10. The SMILES string of the molecule is CCCCCCCCCCCCCCCCCCCCCCCCC(=O)O[C@H](COC(=O)CCCCCCCCCCCCCCCCCCCCCC)COP(=O)(O)OC[C@@H](O)COP(=O)(O)OC[C@@H](COC(=O)CCCCCCCCC)OC(=O)CCCCCCCCCCCCCCCCCCCCC. The molecule has 0 aliphatic rings. The molecule has 5 atom stereocenters. The smallest absolute Gasteiger partial charge is 0.462 e. The van der Waals surface area contributed by atoms with Crippen LogP contribution >= 0.6 is 15.6 Å². The minimum Gasteiger partial charge on any atom is -0.462 e. The fourth-order valence-corrected chi connectivity index (χ4v) is 15.6. The predicted octanol–water partition coefficient (Wildman–Crippen LogP) is 27.7. The van der Waals surface area contributed by atoms with Crippen LogP contribution in [-0.4, -0.2) is 96.7 Å². The first kappa shape index (κ1) is 106. The lowest BCUT2D eigenvalue weighted by Crippen LogP contribution is -2.30. The molecule has 0 radical (unpaired) electrons. The van der Waals surface area contributed by atoms with Gasteiger partial charge in [0.05, 0.1) is 26.4 Å². The maximum absolute atomic E-state index is 13.2. The van der Waals surface area contributed by atoms with Gasteiger partial charge in [0, 0.05) is 25.7 Å². The van der Waals surface area contributed by atoms with Crippen molar-refractivity contribution in [3.05, 3.63) is 0 Å². The molecule has 0 spiro atoms. The molecular weight excluding hydrogens is 1400 g/mol. The summed E-state index contributed by atoms with van der Waals surface area (Å²) in [5, 5.41) is 10.7. The monoisotopic (exact) mass is 1580 g/mol. The average Bonchev–Trinajstić information content (AvgIpc) is 0.887. The summed E-state index contributed by atoms with van der Waals surface area (Å²) in [6.45, 7) is 5.03. The average molecular weight is 1580 g/mol. The largest absolute Gasteiger partial charge is 0.472 e. The minimum atomic E-state index is -4.97. The molecule has 0 saturated carbocycles. The van der Waals surface area contributed by atoms with Gasteiger partial charge in [0.25, 0.3) is 0 Å². The van der Waals surface area contributed by atoms with E-state index in [-0.39, 0.29) is 25.7 Å². The van der Waals surface area contributed by atoms with Crippen molar-refractivity contribution in [3.63, 3.8) is 0 Å². The van der Waals surface area contributed by atoms with Crippen molar-refractivity contribution < 1.29 is 80.2 Å². The van der Waals surface area contributed by atoms with E-state index in [0.717, 1.165) is 103 Å². The Labute approximate surface area is 664 Å². The van der Waals surface area contributed by atoms with Gasteiger partial charge in [0.15, 0.2) is 12.2 Å². The molecule has 0 heterocycles. The van der Waals surface area contributed by atoms with Crippen molar-refractivity contribution in [1.29, 1.82) is 0 Å². The Morgan fingerprint density at radius 3 is 0.546 bits per heavy atom. The standard InChI is InChI=1S/C89H174O17P2/c1-5-9-13-17-21-24-27-30-33-36-39-41-42-45-48-51-54-57-60-64-68-72-76-89(94)106-85(80-100-87(92)74-70-66-62-58-55-52-49-46-44-40-37-34-31-28-25-22-18-14-10-6-2)82-104-108(97,98)102-78-83(90)77-101-107(95,96)103-81-84(79-99-86(91)73-69-65-61-20-16-12-8-4)105-88(93)75-71-67-63-59-56-53-50-47-43-38-35-32-29-26-23-19-15-11-7-3/h83-85,90H,5-82H2,1-4H3,(H,95,96)(H,97,98)/t83-,84+,85+/m0/s1. The predicted molar refractivity (Wildman–Crippen MR) is 446 cm³/mol. The maximum Gasteiger partial charge on any atom is 0.472 e. The Bertz CT molecular complexity index is 2030. The zero-order chi connectivity index (χ0) is 78.9. The molecule has 0 saturated heterocycles. The van der Waals surface area contributed by atoms with Gasteiger partial charge in [0.2, 0.25) is 0 Å². The van der Waals surface area contributed by atoms with Gasteiger partial charge < -0.3 is 33.8 Å². The lowest BCUT2D eigenvalue weighted by molar-refractivity contribution is -0.161. The quantitative estimate of drug-likeness (QED) is 0.0222. The van der Waals surface area contributed by atoms with E-state index in [1.807, 2.05) is 0 Å². The van der Waals surface area contributed by atoms with Crippen molar-refractivity contribution in [3.8, 4) is 0 Å². The summed E-state index contributed by atoms with van der Waals surface area (Å²) in [5.41, 5.74) is 0. The molecule has 642 valence electrons. The van der Waals surface area contributed by atoms with Crippen LogP contribution < -0.4 is 0 Å². The van der Waals surface area contributed by atoms with Crippen LogP contribution in [0.1, 0.15) is 490 Å². The fourth-order valence-electron chi connectivity index (χ4n) is 14.1. The first-order valence-electron chi connectivity index (χ1n) is 46.3. The Morgan fingerprint density at radius 2 is 0.370 bits per heavy atom. The van der Waals surface area contributed by atoms with Crippen molar-refractivity contribution in [2.75, 3.05) is 39.6 Å². The van der Waals surface area contributed by atoms with Gasteiger partial charge in [-0.2, -0.15) is 0 Å². The summed E-state index contributed by atoms with van der Waals surface area (Å²) in [6.07, 6.45) is 79.6. The Morgan fingerprint density at radius 1 is 0.222 bits per heavy atom. The summed E-state index contributed by atoms with van der Waals surface area (Å²) in [4.78, 5) is 73.2. The normalized spacial score (nSPS) is 13.7. The molecule has 0 aromatic rings. The summed E-state index contributed by atoms with van der Waals surface area (Å²) in [6, 6.07) is 0. The van der Waals surface area contributed by atoms with Gasteiger partial charge in [-0.3, -0.25) is 37.3 Å². The van der Waals surface area contributed by atoms with Crippen LogP contribution in [0.15, 0.2) is 0 Å². The van der Waals surface area contributed by atoms with E-state index in [1.54, 1.807) is 0 Å². The fraction of sp³-hybridized carbons (Fsp3) is 0.955. The molecule has 0 bridgehead atoms. The second-order valence-corrected chi connectivity index (χ2v) is 34.9. The lowest BCUT2D eigenvalue weighted by Gasteiger charge is -2.21. The zero-order valence-electron chi connectivity index (χ0n) is 70.8. The maximum atomic E-state index is 13.2. The highest BCUT2D eigenvalue weighted by molar-refractivity contribution is 7.47. The number of phosphoric ester groups is 2. The second-order valence-electron chi connectivity index (χ2n) is 32.0. The molecule has 0 aliphatic heterocycles. The summed E-state index contributed by atoms with van der Waals surface area (Å²) in [7, 11) is -9.92. The number of esters is 4. The zero-order valence-corrected chi connectivity index (χ0v) is 72.6. The van der Waals surface area contributed by atoms with Crippen LogP contribution in [0.3, 0.4) is 0 Å². The Hall–Kier alpha value is -1.94. The van der Waals surface area contributed by atoms with Crippen LogP contribution in [0.2, 0.25) is 0 Å². The lowest BCUT2D eigenvalue weighted by atomic mass is 10.0. The van der Waals surface area contributed by atoms with Gasteiger partial charge in [0.1, 0.15) is 19.3 Å². The molecular formula is C89H174O17P2. The number of hydrogen-bond donors (Lipinski definition) is 3. The Kier molecular flexibility index (Phi) is 81.5. The molecule has 0 aromatic carbocycles. The van der Waals surface area contributed by atoms with E-state index < -0.39 is 97.5 Å². The van der Waals surface area contributed by atoms with E-state index in [2.05, 4.69) is 27.7 Å². The first-order chi connectivity index (χ1) is 52.7. The van der Waals surface area contributed by atoms with E-state index in [9.17, 15) is 43.2 Å². The number of aliphatic hydroxyl groups excluding tert-OH is 1. The molecule has 0 rings (SSSR count). The third-order valence-corrected chi connectivity index (χ3v) is 23.0. The highest BCUT2D eigenvalue weighted by Crippen LogP contribution is 2.45. The molecule has 0 amide bonds. The molecule has 17 nitrogen and oxygen atoms in total. The van der Waals surface area contributed by atoms with Crippen LogP contribution in [0, 0.1) is 0 Å². The highest BCUT2D eigenvalue weighted by atomic mass is 31.2. The number of aliphatic hydroxyl groups is 1. The summed E-state index contributed by atoms with van der Waals surface area (Å²) < 4.78 is 68.9. The number of phosphoric acid groups is 2. The number of carbonyl (C=O) groups excluding carboxylic acids is 4. The van der Waals surface area contributed by atoms with Gasteiger partial charge in [-0.25, -0.2) is 9.13 Å². The number of hydrogen-bond acceptors (Lipinski definition) is 15. The van der Waals surface area contributed by atoms with Crippen LogP contribution in [-0.2, 0) is 65.4 Å².